The number of benzene rings is 8. The fraction of sp³-hybridized carbons (Fsp3) is 0.131. The number of allylic oxidation sites excluding steroid dienone is 2. The van der Waals surface area contributed by atoms with Crippen LogP contribution < -0.4 is 4.90 Å². The standard InChI is InChI=1S/C61H43N3O/c1-3-37-27-30-40(31-28-37)63(53-33-26-36(2)55-46-21-12-15-39(35-62)59(46)65-60(53)55)54-34-50-57(44-19-7-6-17-42(44)54)56-41-16-5-4-14-38(41)29-32-48(56)61(50)47-22-9-11-25-52(47)64-51-24-10-8-18-43(51)45-20-13-23-49(61)58(45)64/h4-25,27-34,36,48,56H,3,26H2,1-2H3. The minimum absolute atomic E-state index is 0.0861. The highest BCUT2D eigenvalue weighted by atomic mass is 16.3. The molecule has 3 heterocycles. The van der Waals surface area contributed by atoms with Crippen molar-refractivity contribution >= 4 is 66.7 Å². The van der Waals surface area contributed by atoms with E-state index in [1.807, 2.05) is 12.1 Å². The van der Waals surface area contributed by atoms with Crippen LogP contribution in [0.5, 0.6) is 0 Å². The Morgan fingerprint density at radius 3 is 2.29 bits per heavy atom. The van der Waals surface area contributed by atoms with E-state index in [4.69, 9.17) is 4.42 Å². The average Bonchev–Trinajstić information content (AvgIpc) is 4.02. The summed E-state index contributed by atoms with van der Waals surface area (Å²) in [6, 6.07) is 63.5. The fourth-order valence-corrected chi connectivity index (χ4v) is 12.9. The molecule has 0 fully saturated rings. The van der Waals surface area contributed by atoms with E-state index in [-0.39, 0.29) is 17.8 Å². The van der Waals surface area contributed by atoms with Crippen molar-refractivity contribution < 1.29 is 4.42 Å². The number of fused-ring (bicyclic) bond motifs is 19. The van der Waals surface area contributed by atoms with Crippen LogP contribution in [0.2, 0.25) is 0 Å². The number of para-hydroxylation sites is 4. The molecule has 4 heteroatoms. The summed E-state index contributed by atoms with van der Waals surface area (Å²) < 4.78 is 9.55. The quantitative estimate of drug-likeness (QED) is 0.177. The van der Waals surface area contributed by atoms with Gasteiger partial charge in [0, 0.05) is 44.6 Å². The van der Waals surface area contributed by atoms with Crippen LogP contribution >= 0.6 is 0 Å². The summed E-state index contributed by atoms with van der Waals surface area (Å²) >= 11 is 0. The molecule has 2 aromatic heterocycles. The summed E-state index contributed by atoms with van der Waals surface area (Å²) in [6.45, 7) is 4.50. The Morgan fingerprint density at radius 2 is 1.43 bits per heavy atom. The number of hydrogen-bond acceptors (Lipinski definition) is 3. The number of furan rings is 1. The van der Waals surface area contributed by atoms with E-state index < -0.39 is 5.41 Å². The minimum Gasteiger partial charge on any atom is -0.453 e. The van der Waals surface area contributed by atoms with Crippen molar-refractivity contribution in [1.29, 1.82) is 5.26 Å². The first-order valence-corrected chi connectivity index (χ1v) is 23.1. The summed E-state index contributed by atoms with van der Waals surface area (Å²) in [7, 11) is 0. The van der Waals surface area contributed by atoms with Gasteiger partial charge in [0.05, 0.1) is 39.1 Å². The van der Waals surface area contributed by atoms with Crippen LogP contribution in [-0.2, 0) is 11.8 Å². The Bertz CT molecular complexity index is 3800. The summed E-state index contributed by atoms with van der Waals surface area (Å²) in [5.41, 5.74) is 18.2. The second-order valence-corrected chi connectivity index (χ2v) is 18.5. The van der Waals surface area contributed by atoms with Gasteiger partial charge in [0.2, 0.25) is 0 Å². The molecule has 308 valence electrons. The van der Waals surface area contributed by atoms with Gasteiger partial charge in [-0.1, -0.05) is 159 Å². The Morgan fingerprint density at radius 1 is 0.708 bits per heavy atom. The van der Waals surface area contributed by atoms with Crippen molar-refractivity contribution in [3.8, 4) is 11.8 Å². The van der Waals surface area contributed by atoms with Crippen LogP contribution in [0.15, 0.2) is 180 Å². The fourth-order valence-electron chi connectivity index (χ4n) is 12.9. The highest BCUT2D eigenvalue weighted by Crippen LogP contribution is 2.67. The number of aryl methyl sites for hydroxylation is 1. The molecular formula is C61H43N3O. The largest absolute Gasteiger partial charge is 0.453 e. The van der Waals surface area contributed by atoms with Crippen LogP contribution in [0.4, 0.5) is 11.4 Å². The zero-order valence-corrected chi connectivity index (χ0v) is 36.2. The van der Waals surface area contributed by atoms with E-state index in [9.17, 15) is 5.26 Å². The van der Waals surface area contributed by atoms with Gasteiger partial charge in [-0.15, -0.1) is 0 Å². The van der Waals surface area contributed by atoms with Gasteiger partial charge < -0.3 is 13.9 Å². The second kappa shape index (κ2) is 13.3. The van der Waals surface area contributed by atoms with Crippen molar-refractivity contribution in [3.05, 3.63) is 232 Å². The highest BCUT2D eigenvalue weighted by molar-refractivity contribution is 6.13. The SMILES string of the molecule is CCc1ccc(N(C2=CCC(C)c3c2oc2c(C#N)cccc32)c2cc3c(c4ccccc24)C2c4ccccc4C=CC2C32c3ccccc3-n3c4ccccc4c4cccc2c43)cc1. The molecule has 3 aliphatic carbocycles. The van der Waals surface area contributed by atoms with Crippen molar-refractivity contribution in [3.63, 3.8) is 0 Å². The maximum Gasteiger partial charge on any atom is 0.155 e. The summed E-state index contributed by atoms with van der Waals surface area (Å²) in [4.78, 5) is 2.48. The Balaban J connectivity index is 1.15. The van der Waals surface area contributed by atoms with E-state index >= 15 is 0 Å². The average molecular weight is 834 g/mol. The summed E-state index contributed by atoms with van der Waals surface area (Å²) in [6.07, 6.45) is 9.12. The maximum absolute atomic E-state index is 10.3. The molecule has 0 saturated heterocycles. The number of rotatable bonds is 4. The first-order chi connectivity index (χ1) is 32.1. The van der Waals surface area contributed by atoms with Gasteiger partial charge in [-0.3, -0.25) is 0 Å². The molecule has 0 N–H and O–H groups in total. The van der Waals surface area contributed by atoms with Crippen LogP contribution in [0.25, 0.3) is 61.0 Å². The van der Waals surface area contributed by atoms with Crippen LogP contribution in [0, 0.1) is 17.2 Å². The molecule has 4 nitrogen and oxygen atoms in total. The monoisotopic (exact) mass is 833 g/mol. The van der Waals surface area contributed by atoms with E-state index in [0.29, 0.717) is 11.1 Å². The molecule has 4 aliphatic rings. The number of nitriles is 1. The number of aromatic nitrogens is 1. The van der Waals surface area contributed by atoms with E-state index in [0.717, 1.165) is 41.1 Å². The van der Waals surface area contributed by atoms with E-state index in [1.165, 1.54) is 82.8 Å². The molecule has 65 heavy (non-hydrogen) atoms. The third-order valence-corrected chi connectivity index (χ3v) is 15.5. The molecule has 0 radical (unpaired) electrons. The van der Waals surface area contributed by atoms with E-state index in [2.05, 4.69) is 199 Å². The van der Waals surface area contributed by atoms with Crippen molar-refractivity contribution in [1.82, 2.24) is 4.57 Å². The third kappa shape index (κ3) is 4.65. The maximum atomic E-state index is 10.3. The normalized spacial score (nSPS) is 19.8. The molecule has 14 rings (SSSR count). The van der Waals surface area contributed by atoms with Gasteiger partial charge >= 0.3 is 0 Å². The third-order valence-electron chi connectivity index (χ3n) is 15.5. The molecule has 10 aromatic rings. The summed E-state index contributed by atoms with van der Waals surface area (Å²) in [5, 5.41) is 16.3. The second-order valence-electron chi connectivity index (χ2n) is 18.5. The lowest BCUT2D eigenvalue weighted by atomic mass is 9.60. The molecule has 4 unspecified atom stereocenters. The zero-order valence-electron chi connectivity index (χ0n) is 36.2. The van der Waals surface area contributed by atoms with Gasteiger partial charge in [0.25, 0.3) is 0 Å². The number of hydrogen-bond donors (Lipinski definition) is 0. The number of nitrogens with zero attached hydrogens (tertiary/aromatic N) is 3. The van der Waals surface area contributed by atoms with Crippen LogP contribution in [-0.4, -0.2) is 4.57 Å². The molecule has 4 atom stereocenters. The predicted octanol–water partition coefficient (Wildman–Crippen LogP) is 15.2. The van der Waals surface area contributed by atoms with E-state index in [1.54, 1.807) is 0 Å². The molecule has 0 saturated carbocycles. The van der Waals surface area contributed by atoms with Gasteiger partial charge in [-0.2, -0.15) is 5.26 Å². The number of anilines is 2. The topological polar surface area (TPSA) is 45.1 Å². The predicted molar refractivity (Wildman–Crippen MR) is 265 cm³/mol. The Labute approximate surface area is 377 Å². The van der Waals surface area contributed by atoms with Gasteiger partial charge in [0.15, 0.2) is 11.3 Å². The lowest BCUT2D eigenvalue weighted by Crippen LogP contribution is -2.39. The smallest absolute Gasteiger partial charge is 0.155 e. The Kier molecular flexibility index (Phi) is 7.50. The molecule has 1 aliphatic heterocycles. The lowest BCUT2D eigenvalue weighted by Gasteiger charge is -2.44. The lowest BCUT2D eigenvalue weighted by molar-refractivity contribution is 0.449. The van der Waals surface area contributed by atoms with Gasteiger partial charge in [0.1, 0.15) is 6.07 Å². The van der Waals surface area contributed by atoms with Crippen LogP contribution in [0.1, 0.15) is 87.9 Å². The van der Waals surface area contributed by atoms with Crippen molar-refractivity contribution in [2.24, 2.45) is 5.92 Å². The molecular weight excluding hydrogens is 791 g/mol. The van der Waals surface area contributed by atoms with Gasteiger partial charge in [-0.25, -0.2) is 0 Å². The minimum atomic E-state index is -0.553. The molecule has 1 spiro atoms. The van der Waals surface area contributed by atoms with Gasteiger partial charge in [-0.05, 0) is 99.5 Å². The van der Waals surface area contributed by atoms with Crippen molar-refractivity contribution in [2.75, 3.05) is 4.90 Å². The van der Waals surface area contributed by atoms with Crippen LogP contribution in [0.3, 0.4) is 0 Å². The first kappa shape index (κ1) is 36.6. The molecule has 0 amide bonds. The highest BCUT2D eigenvalue weighted by Gasteiger charge is 2.58. The molecule has 0 bridgehead atoms. The Hall–Kier alpha value is -7.87. The molecule has 8 aromatic carbocycles. The first-order valence-electron chi connectivity index (χ1n) is 23.1. The zero-order chi connectivity index (χ0) is 43.1. The summed E-state index contributed by atoms with van der Waals surface area (Å²) in [5.74, 6) is 1.24. The van der Waals surface area contributed by atoms with Crippen molar-refractivity contribution in [2.45, 2.75) is 43.9 Å².